The summed E-state index contributed by atoms with van der Waals surface area (Å²) in [6.07, 6.45) is 0. The first-order valence-electron chi connectivity index (χ1n) is 0. The third-order valence-corrected chi connectivity index (χ3v) is 0. The predicted molar refractivity (Wildman–Crippen MR) is 6.44 cm³/mol. The third kappa shape index (κ3) is 9.00. The molecule has 4 heavy (non-hydrogen) atoms. The van der Waals surface area contributed by atoms with E-state index >= 15 is 0 Å². The zero-order chi connectivity index (χ0) is 0. The summed E-state index contributed by atoms with van der Waals surface area (Å²) in [4.78, 5) is 0. The van der Waals surface area contributed by atoms with Crippen LogP contribution in [0.25, 0.3) is 0 Å². The Labute approximate surface area is 106 Å². The predicted octanol–water partition coefficient (Wildman–Crippen LogP) is -0.502. The molecule has 0 aromatic heterocycles. The molecule has 21 valence electrons. The summed E-state index contributed by atoms with van der Waals surface area (Å²) in [5.41, 5.74) is 0. The van der Waals surface area contributed by atoms with Crippen molar-refractivity contribution in [2.24, 2.45) is 0 Å². The molecule has 0 atom stereocenters. The van der Waals surface area contributed by atoms with Crippen LogP contribution in [0.1, 0.15) is 0 Å². The quantitative estimate of drug-likeness (QED) is 0.524. The van der Waals surface area contributed by atoms with Gasteiger partial charge in [-0.25, -0.2) is 0 Å². The molecule has 0 heterocycles. The number of hydrogen-bond donors (Lipinski definition) is 0. The summed E-state index contributed by atoms with van der Waals surface area (Å²) in [5, 5.41) is 0. The molecule has 0 unspecified atom stereocenters. The first-order chi connectivity index (χ1) is 0. The molecule has 0 aromatic carbocycles. The van der Waals surface area contributed by atoms with Crippen molar-refractivity contribution in [1.82, 2.24) is 0 Å². The van der Waals surface area contributed by atoms with Crippen LogP contribution in [0.4, 0.5) is 0 Å². The van der Waals surface area contributed by atoms with Gasteiger partial charge in [0, 0.05) is 110 Å². The van der Waals surface area contributed by atoms with Crippen LogP contribution in [0, 0.1) is 35.6 Å². The molecular formula is CuKLaO. The number of rotatable bonds is 0. The maximum atomic E-state index is 0. The van der Waals surface area contributed by atoms with E-state index in [1.807, 2.05) is 0 Å². The van der Waals surface area contributed by atoms with Gasteiger partial charge in [0.15, 0.2) is 0 Å². The average Bonchev–Trinajstić information content (AvgIpc) is 0. The van der Waals surface area contributed by atoms with E-state index in [0.29, 0.717) is 0 Å². The molecule has 0 N–H and O–H groups in total. The molecule has 0 bridgehead atoms. The molecule has 0 aromatic rings. The van der Waals surface area contributed by atoms with Gasteiger partial charge in [0.25, 0.3) is 0 Å². The van der Waals surface area contributed by atoms with E-state index in [2.05, 4.69) is 0 Å². The van der Waals surface area contributed by atoms with E-state index < -0.39 is 0 Å². The second kappa shape index (κ2) is 16.2. The second-order valence-electron chi connectivity index (χ2n) is 0. The molecule has 0 aliphatic carbocycles. The van der Waals surface area contributed by atoms with Gasteiger partial charge >= 0.3 is 0 Å². The van der Waals surface area contributed by atoms with Gasteiger partial charge in [0.05, 0.1) is 0 Å². The van der Waals surface area contributed by atoms with Crippen molar-refractivity contribution in [2.45, 2.75) is 0 Å². The fraction of sp³-hybridized carbons (Fsp3) is 0. The van der Waals surface area contributed by atoms with E-state index in [1.165, 1.54) is 0 Å². The van der Waals surface area contributed by atoms with Crippen molar-refractivity contribution in [3.05, 3.63) is 0 Å². The molecule has 0 saturated heterocycles. The largest absolute Gasteiger partial charge is 0 e. The average molecular weight is 258 g/mol. The van der Waals surface area contributed by atoms with Crippen molar-refractivity contribution in [1.29, 1.82) is 0 Å². The summed E-state index contributed by atoms with van der Waals surface area (Å²) in [6, 6.07) is 0. The molecule has 0 spiro atoms. The smallest absolute Gasteiger partial charge is 0 e. The maximum Gasteiger partial charge on any atom is 0 e. The van der Waals surface area contributed by atoms with Crippen LogP contribution in [0.3, 0.4) is 0 Å². The van der Waals surface area contributed by atoms with E-state index in [9.17, 15) is 0 Å². The van der Waals surface area contributed by atoms with Gasteiger partial charge in [0.2, 0.25) is 0 Å². The molecule has 4 heteroatoms. The Hall–Kier alpha value is 3.31. The van der Waals surface area contributed by atoms with Crippen molar-refractivity contribution in [2.75, 3.05) is 0 Å². The van der Waals surface area contributed by atoms with Crippen molar-refractivity contribution in [3.8, 4) is 0 Å². The van der Waals surface area contributed by atoms with Crippen LogP contribution in [0.15, 0.2) is 0 Å². The first-order valence-corrected chi connectivity index (χ1v) is 0. The van der Waals surface area contributed by atoms with E-state index in [0.717, 1.165) is 0 Å². The van der Waals surface area contributed by atoms with Gasteiger partial charge in [-0.3, -0.25) is 0 Å². The van der Waals surface area contributed by atoms with Crippen molar-refractivity contribution >= 4 is 51.4 Å². The molecule has 0 rings (SSSR count). The van der Waals surface area contributed by atoms with Crippen LogP contribution in [-0.4, -0.2) is 51.4 Å². The van der Waals surface area contributed by atoms with Crippen molar-refractivity contribution in [3.63, 3.8) is 0 Å². The summed E-state index contributed by atoms with van der Waals surface area (Å²) < 4.78 is 0. The fourth-order valence-electron chi connectivity index (χ4n) is 0. The minimum absolute atomic E-state index is 0. The molecule has 0 aliphatic heterocycles. The van der Waals surface area contributed by atoms with Crippen LogP contribution in [0.2, 0.25) is 0 Å². The Bertz CT molecular complexity index is 8.00. The van der Waals surface area contributed by atoms with Crippen LogP contribution in [0.5, 0.6) is 0 Å². The van der Waals surface area contributed by atoms with E-state index in [1.54, 1.807) is 0 Å². The summed E-state index contributed by atoms with van der Waals surface area (Å²) in [5.74, 6) is 0. The molecule has 0 fully saturated rings. The summed E-state index contributed by atoms with van der Waals surface area (Å²) >= 11 is 0. The SMILES string of the molecule is [Cu].[K].[La].[O]. The Morgan fingerprint density at radius 1 is 1.00 bits per heavy atom. The van der Waals surface area contributed by atoms with Crippen LogP contribution < -0.4 is 0 Å². The van der Waals surface area contributed by atoms with Gasteiger partial charge in [-0.15, -0.1) is 0 Å². The van der Waals surface area contributed by atoms with Gasteiger partial charge in [-0.2, -0.15) is 0 Å². The van der Waals surface area contributed by atoms with E-state index in [4.69, 9.17) is 0 Å². The third-order valence-electron chi connectivity index (χ3n) is 0. The van der Waals surface area contributed by atoms with E-state index in [-0.39, 0.29) is 110 Å². The Balaban J connectivity index is 0. The minimum Gasteiger partial charge on any atom is 0 e. The molecule has 0 aliphatic rings. The maximum absolute atomic E-state index is 0. The Morgan fingerprint density at radius 3 is 1.00 bits per heavy atom. The molecule has 0 saturated carbocycles. The zero-order valence-corrected chi connectivity index (χ0v) is 9.98. The summed E-state index contributed by atoms with van der Waals surface area (Å²) in [7, 11) is 0. The first kappa shape index (κ1) is 26.6. The van der Waals surface area contributed by atoms with Gasteiger partial charge in [-0.1, -0.05) is 0 Å². The standard InChI is InChI=1S/Cu.K.La.O. The molecular weight excluding hydrogens is 258 g/mol. The topological polar surface area (TPSA) is 28.5 Å². The molecule has 1 nitrogen and oxygen atoms in total. The van der Waals surface area contributed by atoms with Gasteiger partial charge < -0.3 is 0 Å². The van der Waals surface area contributed by atoms with Crippen LogP contribution in [-0.2, 0) is 22.5 Å². The second-order valence-corrected chi connectivity index (χ2v) is 0. The van der Waals surface area contributed by atoms with Gasteiger partial charge in [0.1, 0.15) is 0 Å². The van der Waals surface area contributed by atoms with Crippen LogP contribution >= 0.6 is 0 Å². The summed E-state index contributed by atoms with van der Waals surface area (Å²) in [6.45, 7) is 0. The Kier molecular flexibility index (Phi) is 108. The molecule has 0 amide bonds. The monoisotopic (exact) mass is 257 g/mol. The number of hydrogen-bond acceptors (Lipinski definition) is 0. The van der Waals surface area contributed by atoms with Crippen molar-refractivity contribution < 1.29 is 58.1 Å². The van der Waals surface area contributed by atoms with Gasteiger partial charge in [-0.05, 0) is 0 Å². The fourth-order valence-corrected chi connectivity index (χ4v) is 0. The minimum atomic E-state index is 0. The normalized spacial score (nSPS) is 0. The zero-order valence-electron chi connectivity index (χ0n) is 2.29. The Morgan fingerprint density at radius 2 is 1.00 bits per heavy atom. The molecule has 5 radical (unpaired) electrons.